The van der Waals surface area contributed by atoms with E-state index in [9.17, 15) is 4.79 Å². The summed E-state index contributed by atoms with van der Waals surface area (Å²) in [4.78, 5) is 12.5. The second-order valence-corrected chi connectivity index (χ2v) is 7.19. The molecule has 0 aliphatic rings. The van der Waals surface area contributed by atoms with Gasteiger partial charge in [0.15, 0.2) is 0 Å². The first-order valence-corrected chi connectivity index (χ1v) is 9.45. The van der Waals surface area contributed by atoms with Gasteiger partial charge in [0.2, 0.25) is 0 Å². The molecule has 0 saturated heterocycles. The van der Waals surface area contributed by atoms with Gasteiger partial charge in [-0.25, -0.2) is 0 Å². The number of hydrogen-bond acceptors (Lipinski definition) is 4. The molecule has 0 fully saturated rings. The number of carbonyl (C=O) groups excluding carboxylic acids is 1. The Hall–Kier alpha value is -2.60. The predicted octanol–water partition coefficient (Wildman–Crippen LogP) is 5.12. The lowest BCUT2D eigenvalue weighted by atomic mass is 10.1. The van der Waals surface area contributed by atoms with Crippen molar-refractivity contribution >= 4 is 21.8 Å². The molecule has 0 saturated carbocycles. The van der Waals surface area contributed by atoms with Crippen molar-refractivity contribution in [2.45, 2.75) is 33.4 Å². The molecular weight excluding hydrogens is 408 g/mol. The van der Waals surface area contributed by atoms with Gasteiger partial charge in [0.05, 0.1) is 17.3 Å². The van der Waals surface area contributed by atoms with Crippen LogP contribution in [0, 0.1) is 13.8 Å². The minimum atomic E-state index is -0.129. The SMILES string of the molecule is Cc1noc(C)c1COc1ccc(C(=O)NC(C)c2ccccc2Br)cc1. The lowest BCUT2D eigenvalue weighted by Crippen LogP contribution is -2.26. The summed E-state index contributed by atoms with van der Waals surface area (Å²) in [6, 6.07) is 14.8. The Morgan fingerprint density at radius 3 is 2.52 bits per heavy atom. The maximum Gasteiger partial charge on any atom is 0.251 e. The number of benzene rings is 2. The number of rotatable bonds is 6. The number of nitrogens with zero attached hydrogens (tertiary/aromatic N) is 1. The summed E-state index contributed by atoms with van der Waals surface area (Å²) in [5.74, 6) is 1.31. The molecule has 3 aromatic rings. The molecule has 0 spiro atoms. The Morgan fingerprint density at radius 2 is 1.89 bits per heavy atom. The average Bonchev–Trinajstić information content (AvgIpc) is 2.98. The summed E-state index contributed by atoms with van der Waals surface area (Å²) < 4.78 is 11.9. The van der Waals surface area contributed by atoms with Crippen LogP contribution in [0.3, 0.4) is 0 Å². The van der Waals surface area contributed by atoms with E-state index in [-0.39, 0.29) is 11.9 Å². The fourth-order valence-electron chi connectivity index (χ4n) is 2.75. The molecular formula is C21H21BrN2O3. The third-order valence-corrected chi connectivity index (χ3v) is 5.12. The molecule has 2 aromatic carbocycles. The molecule has 0 radical (unpaired) electrons. The van der Waals surface area contributed by atoms with Crippen LogP contribution in [0.5, 0.6) is 5.75 Å². The molecule has 1 heterocycles. The average molecular weight is 429 g/mol. The van der Waals surface area contributed by atoms with Crippen LogP contribution in [-0.4, -0.2) is 11.1 Å². The standard InChI is InChI=1S/C21H21BrN2O3/c1-13(18-6-4-5-7-20(18)22)23-21(25)16-8-10-17(11-9-16)26-12-19-14(2)24-27-15(19)3/h4-11,13H,12H2,1-3H3,(H,23,25). The van der Waals surface area contributed by atoms with E-state index >= 15 is 0 Å². The zero-order valence-electron chi connectivity index (χ0n) is 15.5. The van der Waals surface area contributed by atoms with Gasteiger partial charge in [-0.2, -0.15) is 0 Å². The van der Waals surface area contributed by atoms with E-state index in [1.165, 1.54) is 0 Å². The molecule has 140 valence electrons. The van der Waals surface area contributed by atoms with E-state index in [1.807, 2.05) is 45.0 Å². The predicted molar refractivity (Wildman–Crippen MR) is 107 cm³/mol. The summed E-state index contributed by atoms with van der Waals surface area (Å²) in [7, 11) is 0. The fourth-order valence-corrected chi connectivity index (χ4v) is 3.38. The minimum absolute atomic E-state index is 0.108. The number of nitrogens with one attached hydrogen (secondary N) is 1. The van der Waals surface area contributed by atoms with Crippen molar-refractivity contribution in [2.75, 3.05) is 0 Å². The van der Waals surface area contributed by atoms with Crippen molar-refractivity contribution in [1.29, 1.82) is 0 Å². The largest absolute Gasteiger partial charge is 0.489 e. The van der Waals surface area contributed by atoms with Crippen molar-refractivity contribution in [2.24, 2.45) is 0 Å². The molecule has 1 atom stereocenters. The second kappa shape index (κ2) is 8.39. The van der Waals surface area contributed by atoms with Crippen LogP contribution in [0.25, 0.3) is 0 Å². The fraction of sp³-hybridized carbons (Fsp3) is 0.238. The summed E-state index contributed by atoms with van der Waals surface area (Å²) in [5, 5.41) is 6.92. The molecule has 3 rings (SSSR count). The smallest absolute Gasteiger partial charge is 0.251 e. The number of carbonyl (C=O) groups is 1. The first-order valence-electron chi connectivity index (χ1n) is 8.65. The van der Waals surface area contributed by atoms with Crippen LogP contribution in [0.15, 0.2) is 57.5 Å². The molecule has 1 amide bonds. The molecule has 1 aromatic heterocycles. The number of ether oxygens (including phenoxy) is 1. The van der Waals surface area contributed by atoms with Gasteiger partial charge < -0.3 is 14.6 Å². The van der Waals surface area contributed by atoms with E-state index in [0.717, 1.165) is 27.1 Å². The molecule has 27 heavy (non-hydrogen) atoms. The second-order valence-electron chi connectivity index (χ2n) is 6.33. The quantitative estimate of drug-likeness (QED) is 0.591. The van der Waals surface area contributed by atoms with Gasteiger partial charge in [0.25, 0.3) is 5.91 Å². The minimum Gasteiger partial charge on any atom is -0.489 e. The monoisotopic (exact) mass is 428 g/mol. The van der Waals surface area contributed by atoms with Crippen molar-refractivity contribution in [3.63, 3.8) is 0 Å². The molecule has 0 aliphatic carbocycles. The highest BCUT2D eigenvalue weighted by molar-refractivity contribution is 9.10. The van der Waals surface area contributed by atoms with Crippen LogP contribution in [0.2, 0.25) is 0 Å². The molecule has 1 unspecified atom stereocenters. The maximum atomic E-state index is 12.5. The van der Waals surface area contributed by atoms with Gasteiger partial charge in [-0.1, -0.05) is 39.3 Å². The highest BCUT2D eigenvalue weighted by Crippen LogP contribution is 2.23. The van der Waals surface area contributed by atoms with Gasteiger partial charge in [-0.05, 0) is 56.7 Å². The zero-order valence-corrected chi connectivity index (χ0v) is 17.0. The highest BCUT2D eigenvalue weighted by atomic mass is 79.9. The van der Waals surface area contributed by atoms with Gasteiger partial charge in [-0.15, -0.1) is 0 Å². The van der Waals surface area contributed by atoms with Crippen molar-refractivity contribution < 1.29 is 14.1 Å². The topological polar surface area (TPSA) is 64.4 Å². The van der Waals surface area contributed by atoms with Crippen molar-refractivity contribution in [1.82, 2.24) is 10.5 Å². The number of aromatic nitrogens is 1. The van der Waals surface area contributed by atoms with Crippen LogP contribution in [0.1, 0.15) is 45.9 Å². The summed E-state index contributed by atoms with van der Waals surface area (Å²) in [5.41, 5.74) is 3.38. The van der Waals surface area contributed by atoms with Gasteiger partial charge in [0.1, 0.15) is 18.1 Å². The zero-order chi connectivity index (χ0) is 19.4. The van der Waals surface area contributed by atoms with Gasteiger partial charge in [-0.3, -0.25) is 4.79 Å². The van der Waals surface area contributed by atoms with E-state index in [4.69, 9.17) is 9.26 Å². The van der Waals surface area contributed by atoms with Crippen LogP contribution in [0.4, 0.5) is 0 Å². The number of aryl methyl sites for hydroxylation is 2. The van der Waals surface area contributed by atoms with Crippen molar-refractivity contribution in [3.8, 4) is 5.75 Å². The number of hydrogen-bond donors (Lipinski definition) is 1. The highest BCUT2D eigenvalue weighted by Gasteiger charge is 2.14. The first kappa shape index (κ1) is 19.2. The summed E-state index contributed by atoms with van der Waals surface area (Å²) in [6.07, 6.45) is 0. The van der Waals surface area contributed by atoms with Gasteiger partial charge in [0, 0.05) is 10.0 Å². The van der Waals surface area contributed by atoms with E-state index < -0.39 is 0 Å². The third kappa shape index (κ3) is 4.57. The molecule has 5 nitrogen and oxygen atoms in total. The normalized spacial score (nSPS) is 11.9. The van der Waals surface area contributed by atoms with E-state index in [1.54, 1.807) is 24.3 Å². The summed E-state index contributed by atoms with van der Waals surface area (Å²) >= 11 is 3.52. The first-order chi connectivity index (χ1) is 13.0. The summed E-state index contributed by atoms with van der Waals surface area (Å²) in [6.45, 7) is 6.08. The van der Waals surface area contributed by atoms with E-state index in [0.29, 0.717) is 17.9 Å². The van der Waals surface area contributed by atoms with Crippen LogP contribution < -0.4 is 10.1 Å². The van der Waals surface area contributed by atoms with Crippen LogP contribution >= 0.6 is 15.9 Å². The Bertz CT molecular complexity index is 915. The lowest BCUT2D eigenvalue weighted by Gasteiger charge is -2.16. The third-order valence-electron chi connectivity index (χ3n) is 4.40. The van der Waals surface area contributed by atoms with Crippen molar-refractivity contribution in [3.05, 3.63) is 81.1 Å². The van der Waals surface area contributed by atoms with E-state index in [2.05, 4.69) is 26.4 Å². The Morgan fingerprint density at radius 1 is 1.19 bits per heavy atom. The van der Waals surface area contributed by atoms with Gasteiger partial charge >= 0.3 is 0 Å². The Kier molecular flexibility index (Phi) is 5.96. The molecule has 6 heteroatoms. The lowest BCUT2D eigenvalue weighted by molar-refractivity contribution is 0.0939. The Balaban J connectivity index is 1.61. The molecule has 1 N–H and O–H groups in total. The maximum absolute atomic E-state index is 12.5. The van der Waals surface area contributed by atoms with Crippen LogP contribution in [-0.2, 0) is 6.61 Å². The number of amides is 1. The number of halogens is 1. The molecule has 0 aliphatic heterocycles. The molecule has 0 bridgehead atoms. The Labute approximate surface area is 166 Å².